The first kappa shape index (κ1) is 17.9. The summed E-state index contributed by atoms with van der Waals surface area (Å²) in [4.78, 5) is 12.8. The van der Waals surface area contributed by atoms with E-state index in [2.05, 4.69) is 21.6 Å². The highest BCUT2D eigenvalue weighted by atomic mass is 16.5. The van der Waals surface area contributed by atoms with Crippen LogP contribution in [0.4, 0.5) is 5.82 Å². The number of hydrogen-bond acceptors (Lipinski definition) is 4. The summed E-state index contributed by atoms with van der Waals surface area (Å²) in [5.41, 5.74) is 5.63. The molecule has 6 nitrogen and oxygen atoms in total. The molecular weight excluding hydrogens is 328 g/mol. The Labute approximate surface area is 153 Å². The van der Waals surface area contributed by atoms with Crippen molar-refractivity contribution in [1.29, 1.82) is 0 Å². The maximum atomic E-state index is 12.8. The van der Waals surface area contributed by atoms with Crippen molar-refractivity contribution >= 4 is 11.7 Å². The van der Waals surface area contributed by atoms with Gasteiger partial charge in [0.1, 0.15) is 11.6 Å². The molecule has 0 bridgehead atoms. The number of anilines is 1. The highest BCUT2D eigenvalue weighted by molar-refractivity contribution is 5.95. The Morgan fingerprint density at radius 3 is 2.31 bits per heavy atom. The molecule has 1 unspecified atom stereocenters. The lowest BCUT2D eigenvalue weighted by Gasteiger charge is -2.14. The monoisotopic (exact) mass is 352 g/mol. The first-order valence-corrected chi connectivity index (χ1v) is 8.65. The summed E-state index contributed by atoms with van der Waals surface area (Å²) in [6.45, 7) is 11.5. The van der Waals surface area contributed by atoms with Crippen LogP contribution in [0.25, 0.3) is 5.69 Å². The maximum Gasteiger partial charge on any atom is 0.232 e. The van der Waals surface area contributed by atoms with Crippen LogP contribution in [0.2, 0.25) is 0 Å². The van der Waals surface area contributed by atoms with Crippen molar-refractivity contribution in [1.82, 2.24) is 14.9 Å². The number of carbonyl (C=O) groups is 1. The molecule has 3 rings (SSSR count). The molecular formula is C20H24N4O2. The van der Waals surface area contributed by atoms with Crippen LogP contribution in [-0.4, -0.2) is 20.8 Å². The van der Waals surface area contributed by atoms with Gasteiger partial charge < -0.3 is 9.84 Å². The molecule has 0 radical (unpaired) electrons. The zero-order chi connectivity index (χ0) is 19.0. The smallest absolute Gasteiger partial charge is 0.232 e. The lowest BCUT2D eigenvalue weighted by molar-refractivity contribution is -0.117. The van der Waals surface area contributed by atoms with E-state index in [1.807, 2.05) is 59.7 Å². The van der Waals surface area contributed by atoms with Gasteiger partial charge in [0, 0.05) is 11.6 Å². The van der Waals surface area contributed by atoms with Crippen LogP contribution in [-0.2, 0) is 4.79 Å². The van der Waals surface area contributed by atoms with E-state index in [1.165, 1.54) is 0 Å². The minimum absolute atomic E-state index is 0.120. The molecule has 26 heavy (non-hydrogen) atoms. The molecule has 0 fully saturated rings. The molecule has 6 heteroatoms. The van der Waals surface area contributed by atoms with Gasteiger partial charge in [-0.1, -0.05) is 11.2 Å². The average Bonchev–Trinajstić information content (AvgIpc) is 3.08. The minimum Gasteiger partial charge on any atom is -0.361 e. The van der Waals surface area contributed by atoms with Crippen molar-refractivity contribution in [3.8, 4) is 5.69 Å². The van der Waals surface area contributed by atoms with Gasteiger partial charge >= 0.3 is 0 Å². The molecule has 0 saturated carbocycles. The van der Waals surface area contributed by atoms with Crippen LogP contribution < -0.4 is 5.32 Å². The second-order valence-corrected chi connectivity index (χ2v) is 6.88. The number of aromatic nitrogens is 3. The zero-order valence-electron chi connectivity index (χ0n) is 16.0. The summed E-state index contributed by atoms with van der Waals surface area (Å²) < 4.78 is 6.96. The van der Waals surface area contributed by atoms with Crippen LogP contribution in [0, 0.1) is 34.6 Å². The third-order valence-corrected chi connectivity index (χ3v) is 4.45. The Hall–Kier alpha value is -2.89. The maximum absolute atomic E-state index is 12.8. The molecule has 1 N–H and O–H groups in total. The first-order valence-electron chi connectivity index (χ1n) is 8.65. The third-order valence-electron chi connectivity index (χ3n) is 4.45. The third kappa shape index (κ3) is 3.40. The fourth-order valence-corrected chi connectivity index (χ4v) is 3.33. The number of carbonyl (C=O) groups excluding carboxylic acids is 1. The van der Waals surface area contributed by atoms with Crippen molar-refractivity contribution < 1.29 is 9.32 Å². The largest absolute Gasteiger partial charge is 0.361 e. The molecule has 1 atom stereocenters. The number of amides is 1. The highest BCUT2D eigenvalue weighted by Gasteiger charge is 2.24. The molecule has 1 amide bonds. The molecule has 0 aliphatic carbocycles. The van der Waals surface area contributed by atoms with Gasteiger partial charge in [0.05, 0.1) is 23.0 Å². The molecule has 0 aliphatic rings. The van der Waals surface area contributed by atoms with Crippen molar-refractivity contribution in [2.24, 2.45) is 0 Å². The average molecular weight is 352 g/mol. The molecule has 3 aromatic rings. The molecule has 136 valence electrons. The zero-order valence-corrected chi connectivity index (χ0v) is 16.0. The van der Waals surface area contributed by atoms with E-state index in [-0.39, 0.29) is 11.8 Å². The highest BCUT2D eigenvalue weighted by Crippen LogP contribution is 2.26. The van der Waals surface area contributed by atoms with Crippen LogP contribution in [0.5, 0.6) is 0 Å². The fraction of sp³-hybridized carbons (Fsp3) is 0.350. The lowest BCUT2D eigenvalue weighted by atomic mass is 9.99. The quantitative estimate of drug-likeness (QED) is 0.766. The summed E-state index contributed by atoms with van der Waals surface area (Å²) in [7, 11) is 0. The lowest BCUT2D eigenvalue weighted by Crippen LogP contribution is -2.21. The number of benzene rings is 1. The Bertz CT molecular complexity index is 929. The van der Waals surface area contributed by atoms with Crippen molar-refractivity contribution in [2.75, 3.05) is 5.32 Å². The summed E-state index contributed by atoms with van der Waals surface area (Å²) >= 11 is 0. The van der Waals surface area contributed by atoms with Crippen LogP contribution in [0.1, 0.15) is 46.7 Å². The van der Waals surface area contributed by atoms with Crippen molar-refractivity contribution in [2.45, 2.75) is 47.5 Å². The molecule has 0 aliphatic heterocycles. The summed E-state index contributed by atoms with van der Waals surface area (Å²) in [6.07, 6.45) is 0. The fourth-order valence-electron chi connectivity index (χ4n) is 3.33. The minimum atomic E-state index is -0.371. The van der Waals surface area contributed by atoms with E-state index >= 15 is 0 Å². The van der Waals surface area contributed by atoms with Crippen LogP contribution in [0.15, 0.2) is 28.8 Å². The molecule has 2 heterocycles. The summed E-state index contributed by atoms with van der Waals surface area (Å²) in [6, 6.07) is 8.08. The second kappa shape index (κ2) is 6.78. The van der Waals surface area contributed by atoms with Gasteiger partial charge in [-0.05, 0) is 64.8 Å². The van der Waals surface area contributed by atoms with Crippen LogP contribution in [0.3, 0.4) is 0 Å². The first-order chi connectivity index (χ1) is 12.3. The molecule has 2 aromatic heterocycles. The van der Waals surface area contributed by atoms with E-state index in [1.54, 1.807) is 4.68 Å². The van der Waals surface area contributed by atoms with Gasteiger partial charge in [-0.2, -0.15) is 5.10 Å². The number of nitrogens with zero attached hydrogens (tertiary/aromatic N) is 3. The van der Waals surface area contributed by atoms with E-state index in [9.17, 15) is 4.79 Å². The van der Waals surface area contributed by atoms with E-state index in [4.69, 9.17) is 4.52 Å². The summed E-state index contributed by atoms with van der Waals surface area (Å²) in [5.74, 6) is 0.828. The van der Waals surface area contributed by atoms with E-state index in [0.717, 1.165) is 33.8 Å². The van der Waals surface area contributed by atoms with Gasteiger partial charge in [-0.3, -0.25) is 4.79 Å². The summed E-state index contributed by atoms with van der Waals surface area (Å²) in [5, 5.41) is 11.5. The van der Waals surface area contributed by atoms with Gasteiger partial charge in [0.25, 0.3) is 0 Å². The predicted molar refractivity (Wildman–Crippen MR) is 101 cm³/mol. The van der Waals surface area contributed by atoms with Gasteiger partial charge in [-0.25, -0.2) is 4.68 Å². The van der Waals surface area contributed by atoms with E-state index in [0.29, 0.717) is 11.6 Å². The molecule has 0 saturated heterocycles. The van der Waals surface area contributed by atoms with Gasteiger partial charge in [0.2, 0.25) is 5.91 Å². The SMILES string of the molecule is Cc1cc(C)cc(-n2nc(C)cc2NC(=O)C(C)c2c(C)noc2C)c1. The second-order valence-electron chi connectivity index (χ2n) is 6.88. The topological polar surface area (TPSA) is 73.0 Å². The molecule has 1 aromatic carbocycles. The number of nitrogens with one attached hydrogen (secondary N) is 1. The van der Waals surface area contributed by atoms with Crippen molar-refractivity contribution in [3.63, 3.8) is 0 Å². The number of aryl methyl sites for hydroxylation is 5. The standard InChI is InChI=1S/C20H24N4O2/c1-11-7-12(2)9-17(8-11)24-18(10-13(3)22-24)21-20(25)14(4)19-15(5)23-26-16(19)6/h7-10,14H,1-6H3,(H,21,25). The Balaban J connectivity index is 1.92. The number of hydrogen-bond donors (Lipinski definition) is 1. The normalized spacial score (nSPS) is 12.2. The Kier molecular flexibility index (Phi) is 4.68. The Morgan fingerprint density at radius 2 is 1.73 bits per heavy atom. The molecule has 0 spiro atoms. The van der Waals surface area contributed by atoms with Gasteiger partial charge in [0.15, 0.2) is 0 Å². The van der Waals surface area contributed by atoms with Crippen LogP contribution >= 0.6 is 0 Å². The number of rotatable bonds is 4. The van der Waals surface area contributed by atoms with Gasteiger partial charge in [-0.15, -0.1) is 0 Å². The van der Waals surface area contributed by atoms with E-state index < -0.39 is 0 Å². The van der Waals surface area contributed by atoms with Crippen molar-refractivity contribution in [3.05, 3.63) is 58.1 Å². The predicted octanol–water partition coefficient (Wildman–Crippen LogP) is 4.14. The Morgan fingerprint density at radius 1 is 1.08 bits per heavy atom.